The normalized spacial score (nSPS) is 9.90. The molecule has 0 aliphatic heterocycles. The predicted molar refractivity (Wildman–Crippen MR) is 47.6 cm³/mol. The van der Waals surface area contributed by atoms with Gasteiger partial charge in [-0.15, -0.1) is 12.6 Å². The molecule has 0 bridgehead atoms. The fourth-order valence-corrected chi connectivity index (χ4v) is 1.07. The summed E-state index contributed by atoms with van der Waals surface area (Å²) >= 11 is 4.26. The monoisotopic (exact) mass is 153 g/mol. The van der Waals surface area contributed by atoms with Crippen LogP contribution in [-0.4, -0.2) is 0 Å². The largest absolute Gasteiger partial charge is 0.398 e. The lowest BCUT2D eigenvalue weighted by atomic mass is 10.1. The number of anilines is 1. The molecule has 0 saturated carbocycles. The van der Waals surface area contributed by atoms with Gasteiger partial charge in [0.05, 0.1) is 0 Å². The molecule has 2 heteroatoms. The van der Waals surface area contributed by atoms with Crippen molar-refractivity contribution in [3.05, 3.63) is 23.3 Å². The van der Waals surface area contributed by atoms with E-state index in [0.717, 1.165) is 21.7 Å². The first-order chi connectivity index (χ1) is 4.63. The number of hydrogen-bond acceptors (Lipinski definition) is 2. The fraction of sp³-hybridized carbons (Fsp3) is 0.250. The molecule has 1 aromatic rings. The minimum Gasteiger partial charge on any atom is -0.398 e. The van der Waals surface area contributed by atoms with Crippen molar-refractivity contribution in [1.29, 1.82) is 0 Å². The molecule has 54 valence electrons. The molecule has 0 unspecified atom stereocenters. The van der Waals surface area contributed by atoms with Gasteiger partial charge in [-0.2, -0.15) is 0 Å². The van der Waals surface area contributed by atoms with E-state index < -0.39 is 0 Å². The van der Waals surface area contributed by atoms with E-state index in [1.165, 1.54) is 0 Å². The van der Waals surface area contributed by atoms with Gasteiger partial charge in [-0.25, -0.2) is 0 Å². The summed E-state index contributed by atoms with van der Waals surface area (Å²) in [6, 6.07) is 4.03. The first-order valence-electron chi connectivity index (χ1n) is 3.17. The summed E-state index contributed by atoms with van der Waals surface area (Å²) in [6.07, 6.45) is 0. The Morgan fingerprint density at radius 1 is 1.20 bits per heavy atom. The molecule has 0 aliphatic rings. The van der Waals surface area contributed by atoms with E-state index in [4.69, 9.17) is 5.73 Å². The first kappa shape index (κ1) is 7.48. The molecule has 2 N–H and O–H groups in total. The van der Waals surface area contributed by atoms with Crippen LogP contribution in [0.25, 0.3) is 0 Å². The smallest absolute Gasteiger partial charge is 0.0482 e. The van der Waals surface area contributed by atoms with Crippen molar-refractivity contribution in [2.75, 3.05) is 5.73 Å². The van der Waals surface area contributed by atoms with E-state index in [9.17, 15) is 0 Å². The zero-order valence-electron chi connectivity index (χ0n) is 6.18. The van der Waals surface area contributed by atoms with E-state index in [1.54, 1.807) is 0 Å². The van der Waals surface area contributed by atoms with Crippen LogP contribution in [0.5, 0.6) is 0 Å². The Morgan fingerprint density at radius 2 is 1.70 bits per heavy atom. The molecular formula is C8H11NS. The van der Waals surface area contributed by atoms with Crippen molar-refractivity contribution in [1.82, 2.24) is 0 Å². The van der Waals surface area contributed by atoms with Crippen molar-refractivity contribution in [2.45, 2.75) is 18.7 Å². The molecule has 1 nitrogen and oxygen atoms in total. The molecule has 0 heterocycles. The maximum atomic E-state index is 5.71. The highest BCUT2D eigenvalue weighted by Crippen LogP contribution is 2.23. The van der Waals surface area contributed by atoms with Gasteiger partial charge in [0.1, 0.15) is 0 Å². The predicted octanol–water partition coefficient (Wildman–Crippen LogP) is 2.17. The molecule has 0 aliphatic carbocycles. The number of rotatable bonds is 0. The second-order valence-corrected chi connectivity index (χ2v) is 2.91. The Bertz CT molecular complexity index is 229. The van der Waals surface area contributed by atoms with Crippen LogP contribution in [0.3, 0.4) is 0 Å². The third-order valence-corrected chi connectivity index (χ3v) is 2.23. The van der Waals surface area contributed by atoms with Crippen LogP contribution in [0.1, 0.15) is 11.1 Å². The highest BCUT2D eigenvalue weighted by atomic mass is 32.1. The number of hydrogen-bond donors (Lipinski definition) is 2. The van der Waals surface area contributed by atoms with Crippen molar-refractivity contribution in [3.63, 3.8) is 0 Å². The number of thiol groups is 1. The molecule has 0 saturated heterocycles. The van der Waals surface area contributed by atoms with E-state index in [2.05, 4.69) is 12.6 Å². The van der Waals surface area contributed by atoms with Gasteiger partial charge in [0, 0.05) is 10.6 Å². The van der Waals surface area contributed by atoms with E-state index in [-0.39, 0.29) is 0 Å². The Labute approximate surface area is 66.7 Å². The molecule has 1 rings (SSSR count). The molecule has 1 aromatic carbocycles. The van der Waals surface area contributed by atoms with Gasteiger partial charge < -0.3 is 5.73 Å². The molecule has 0 aromatic heterocycles. The summed E-state index contributed by atoms with van der Waals surface area (Å²) in [6.45, 7) is 3.98. The third-order valence-electron chi connectivity index (χ3n) is 1.64. The zero-order chi connectivity index (χ0) is 7.72. The number of nitrogens with two attached hydrogens (primary N) is 1. The SMILES string of the molecule is Cc1ccc(C)c(S)c1N. The van der Waals surface area contributed by atoms with Gasteiger partial charge in [-0.05, 0) is 25.0 Å². The van der Waals surface area contributed by atoms with Crippen LogP contribution in [0, 0.1) is 13.8 Å². The number of benzene rings is 1. The summed E-state index contributed by atoms with van der Waals surface area (Å²) in [5, 5.41) is 0. The standard InChI is InChI=1S/C8H11NS/c1-5-3-4-6(2)8(10)7(5)9/h3-4,10H,9H2,1-2H3. The van der Waals surface area contributed by atoms with Gasteiger partial charge >= 0.3 is 0 Å². The lowest BCUT2D eigenvalue weighted by Crippen LogP contribution is -1.92. The highest BCUT2D eigenvalue weighted by molar-refractivity contribution is 7.80. The van der Waals surface area contributed by atoms with Crippen molar-refractivity contribution >= 4 is 18.3 Å². The first-order valence-corrected chi connectivity index (χ1v) is 3.62. The van der Waals surface area contributed by atoms with E-state index in [0.29, 0.717) is 0 Å². The molecule has 0 amide bonds. The second kappa shape index (κ2) is 2.54. The van der Waals surface area contributed by atoms with Crippen LogP contribution >= 0.6 is 12.6 Å². The molecular weight excluding hydrogens is 142 g/mol. The van der Waals surface area contributed by atoms with Crippen LogP contribution in [0.2, 0.25) is 0 Å². The molecule has 10 heavy (non-hydrogen) atoms. The van der Waals surface area contributed by atoms with E-state index >= 15 is 0 Å². The van der Waals surface area contributed by atoms with Crippen LogP contribution in [-0.2, 0) is 0 Å². The second-order valence-electron chi connectivity index (χ2n) is 2.46. The van der Waals surface area contributed by atoms with Crippen molar-refractivity contribution < 1.29 is 0 Å². The van der Waals surface area contributed by atoms with Gasteiger partial charge in [0.25, 0.3) is 0 Å². The maximum absolute atomic E-state index is 5.71. The highest BCUT2D eigenvalue weighted by Gasteiger charge is 1.99. The van der Waals surface area contributed by atoms with E-state index in [1.807, 2.05) is 26.0 Å². The zero-order valence-corrected chi connectivity index (χ0v) is 7.07. The van der Waals surface area contributed by atoms with Gasteiger partial charge in [0.2, 0.25) is 0 Å². The van der Waals surface area contributed by atoms with Crippen LogP contribution < -0.4 is 5.73 Å². The summed E-state index contributed by atoms with van der Waals surface area (Å²) in [4.78, 5) is 0.903. The maximum Gasteiger partial charge on any atom is 0.0482 e. The fourth-order valence-electron chi connectivity index (χ4n) is 0.818. The minimum absolute atomic E-state index is 0.795. The Hall–Kier alpha value is -0.630. The van der Waals surface area contributed by atoms with Crippen molar-refractivity contribution in [2.24, 2.45) is 0 Å². The van der Waals surface area contributed by atoms with Crippen LogP contribution in [0.4, 0.5) is 5.69 Å². The Balaban J connectivity index is 3.34. The molecule has 0 fully saturated rings. The number of aryl methyl sites for hydroxylation is 2. The van der Waals surface area contributed by atoms with Gasteiger partial charge in [0.15, 0.2) is 0 Å². The number of nitrogen functional groups attached to an aromatic ring is 1. The minimum atomic E-state index is 0.795. The van der Waals surface area contributed by atoms with Crippen LogP contribution in [0.15, 0.2) is 17.0 Å². The lowest BCUT2D eigenvalue weighted by Gasteiger charge is -2.05. The summed E-state index contributed by atoms with van der Waals surface area (Å²) < 4.78 is 0. The molecule has 0 atom stereocenters. The van der Waals surface area contributed by atoms with Crippen molar-refractivity contribution in [3.8, 4) is 0 Å². The van der Waals surface area contributed by atoms with Gasteiger partial charge in [-0.1, -0.05) is 12.1 Å². The summed E-state index contributed by atoms with van der Waals surface area (Å²) in [5.74, 6) is 0. The lowest BCUT2D eigenvalue weighted by molar-refractivity contribution is 1.28. The average Bonchev–Trinajstić information content (AvgIpc) is 1.93. The third kappa shape index (κ3) is 1.12. The Kier molecular flexibility index (Phi) is 1.90. The molecule has 0 radical (unpaired) electrons. The quantitative estimate of drug-likeness (QED) is 0.433. The van der Waals surface area contributed by atoms with Gasteiger partial charge in [-0.3, -0.25) is 0 Å². The summed E-state index contributed by atoms with van der Waals surface area (Å²) in [5.41, 5.74) is 8.73. The average molecular weight is 153 g/mol. The topological polar surface area (TPSA) is 26.0 Å². The summed E-state index contributed by atoms with van der Waals surface area (Å²) in [7, 11) is 0. The molecule has 0 spiro atoms. The Morgan fingerprint density at radius 3 is 2.20 bits per heavy atom.